The summed E-state index contributed by atoms with van der Waals surface area (Å²) in [5.74, 6) is 0.329. The van der Waals surface area contributed by atoms with Crippen molar-refractivity contribution in [3.63, 3.8) is 0 Å². The molecule has 20 heavy (non-hydrogen) atoms. The molecule has 7 nitrogen and oxygen atoms in total. The maximum atomic E-state index is 10.5. The third kappa shape index (κ3) is 3.94. The molecule has 0 bridgehead atoms. The first-order valence-corrected chi connectivity index (χ1v) is 6.16. The molecule has 0 aliphatic heterocycles. The third-order valence-corrected chi connectivity index (χ3v) is 2.72. The van der Waals surface area contributed by atoms with E-state index in [1.54, 1.807) is 24.3 Å². The molecule has 0 saturated heterocycles. The van der Waals surface area contributed by atoms with Gasteiger partial charge in [-0.3, -0.25) is 0 Å². The number of ether oxygens (including phenoxy) is 1. The number of hydrogen-bond acceptors (Lipinski definition) is 5. The van der Waals surface area contributed by atoms with Gasteiger partial charge in [0.1, 0.15) is 18.5 Å². The van der Waals surface area contributed by atoms with E-state index in [1.807, 2.05) is 0 Å². The van der Waals surface area contributed by atoms with Gasteiger partial charge in [0.25, 0.3) is 0 Å². The first kappa shape index (κ1) is 14.3. The van der Waals surface area contributed by atoms with Crippen molar-refractivity contribution in [1.82, 2.24) is 9.78 Å². The van der Waals surface area contributed by atoms with Crippen LogP contribution >= 0.6 is 11.6 Å². The number of hydrogen-bond donors (Lipinski definition) is 1. The Morgan fingerprint density at radius 2 is 2.10 bits per heavy atom. The van der Waals surface area contributed by atoms with Crippen LogP contribution < -0.4 is 4.74 Å². The van der Waals surface area contributed by atoms with Crippen LogP contribution in [0.3, 0.4) is 0 Å². The zero-order valence-corrected chi connectivity index (χ0v) is 11.1. The molecule has 2 aromatic rings. The number of aromatic nitrogens is 2. The van der Waals surface area contributed by atoms with E-state index in [9.17, 15) is 15.2 Å². The van der Waals surface area contributed by atoms with Crippen molar-refractivity contribution >= 4 is 17.4 Å². The highest BCUT2D eigenvalue weighted by molar-refractivity contribution is 6.30. The Hall–Kier alpha value is -2.12. The van der Waals surface area contributed by atoms with Gasteiger partial charge in [0.15, 0.2) is 0 Å². The van der Waals surface area contributed by atoms with E-state index in [1.165, 1.54) is 16.9 Å². The minimum absolute atomic E-state index is 0.0509. The molecule has 8 heteroatoms. The van der Waals surface area contributed by atoms with Gasteiger partial charge in [-0.2, -0.15) is 4.68 Å². The largest absolute Gasteiger partial charge is 0.491 e. The number of benzene rings is 1. The van der Waals surface area contributed by atoms with Crippen LogP contribution in [0, 0.1) is 10.1 Å². The van der Waals surface area contributed by atoms with Gasteiger partial charge in [0.05, 0.1) is 23.9 Å². The summed E-state index contributed by atoms with van der Waals surface area (Å²) in [4.78, 5) is 9.88. The second kappa shape index (κ2) is 6.36. The quantitative estimate of drug-likeness (QED) is 0.649. The van der Waals surface area contributed by atoms with Gasteiger partial charge < -0.3 is 20.0 Å². The average molecular weight is 298 g/mol. The summed E-state index contributed by atoms with van der Waals surface area (Å²) < 4.78 is 6.67. The molecule has 2 rings (SSSR count). The molecule has 1 heterocycles. The van der Waals surface area contributed by atoms with Crippen molar-refractivity contribution in [2.75, 3.05) is 6.61 Å². The van der Waals surface area contributed by atoms with Crippen LogP contribution in [0.1, 0.15) is 0 Å². The summed E-state index contributed by atoms with van der Waals surface area (Å²) in [7, 11) is 0. The fraction of sp³-hybridized carbons (Fsp3) is 0.250. The lowest BCUT2D eigenvalue weighted by Gasteiger charge is -2.11. The number of nitrogens with zero attached hydrogens (tertiary/aromatic N) is 3. The summed E-state index contributed by atoms with van der Waals surface area (Å²) in [6.07, 6.45) is 0.606. The first-order valence-electron chi connectivity index (χ1n) is 5.79. The Labute approximate surface area is 119 Å². The van der Waals surface area contributed by atoms with Crippen LogP contribution in [0.5, 0.6) is 5.75 Å². The van der Waals surface area contributed by atoms with Gasteiger partial charge in [0, 0.05) is 5.02 Å². The smallest absolute Gasteiger partial charge is 0.389 e. The maximum absolute atomic E-state index is 10.5. The number of aliphatic hydroxyl groups is 1. The number of rotatable bonds is 6. The van der Waals surface area contributed by atoms with E-state index in [4.69, 9.17) is 16.3 Å². The van der Waals surface area contributed by atoms with Crippen LogP contribution in [-0.2, 0) is 6.54 Å². The van der Waals surface area contributed by atoms with E-state index in [0.29, 0.717) is 10.8 Å². The molecule has 1 atom stereocenters. The van der Waals surface area contributed by atoms with Gasteiger partial charge in [-0.05, 0) is 29.2 Å². The standard InChI is InChI=1S/C12H12ClN3O4/c13-9-1-3-11(4-2-9)20-8-10(17)7-15-6-5-12(14-15)16(18)19/h1-6,10,17H,7-8H2. The van der Waals surface area contributed by atoms with Gasteiger partial charge in [-0.15, -0.1) is 0 Å². The average Bonchev–Trinajstić information content (AvgIpc) is 2.87. The van der Waals surface area contributed by atoms with Gasteiger partial charge >= 0.3 is 5.82 Å². The first-order chi connectivity index (χ1) is 9.54. The second-order valence-corrected chi connectivity index (χ2v) is 4.51. The molecule has 0 saturated carbocycles. The monoisotopic (exact) mass is 297 g/mol. The number of aliphatic hydroxyl groups excluding tert-OH is 1. The Balaban J connectivity index is 1.84. The van der Waals surface area contributed by atoms with Crippen LogP contribution in [0.15, 0.2) is 36.5 Å². The van der Waals surface area contributed by atoms with Crippen molar-refractivity contribution in [3.05, 3.63) is 51.7 Å². The predicted octanol–water partition coefficient (Wildman–Crippen LogP) is 1.88. The van der Waals surface area contributed by atoms with Crippen molar-refractivity contribution < 1.29 is 14.8 Å². The highest BCUT2D eigenvalue weighted by atomic mass is 35.5. The second-order valence-electron chi connectivity index (χ2n) is 4.07. The van der Waals surface area contributed by atoms with Crippen molar-refractivity contribution in [1.29, 1.82) is 0 Å². The fourth-order valence-electron chi connectivity index (χ4n) is 1.54. The topological polar surface area (TPSA) is 90.4 Å². The van der Waals surface area contributed by atoms with Gasteiger partial charge in [-0.1, -0.05) is 11.6 Å². The Bertz CT molecular complexity index is 585. The van der Waals surface area contributed by atoms with Crippen molar-refractivity contribution in [2.24, 2.45) is 0 Å². The van der Waals surface area contributed by atoms with E-state index in [2.05, 4.69) is 5.10 Å². The summed E-state index contributed by atoms with van der Waals surface area (Å²) in [5, 5.41) is 24.6. The minimum atomic E-state index is -0.829. The number of nitro groups is 1. The van der Waals surface area contributed by atoms with Crippen LogP contribution in [-0.4, -0.2) is 32.5 Å². The Morgan fingerprint density at radius 1 is 1.40 bits per heavy atom. The highest BCUT2D eigenvalue weighted by Crippen LogP contribution is 2.15. The molecule has 0 aliphatic rings. The zero-order chi connectivity index (χ0) is 14.5. The van der Waals surface area contributed by atoms with Crippen LogP contribution in [0.25, 0.3) is 0 Å². The lowest BCUT2D eigenvalue weighted by atomic mass is 10.3. The number of halogens is 1. The van der Waals surface area contributed by atoms with Crippen LogP contribution in [0.2, 0.25) is 5.02 Å². The summed E-state index contributed by atoms with van der Waals surface area (Å²) in [6.45, 7) is 0.163. The Kier molecular flexibility index (Phi) is 4.54. The molecule has 106 valence electrons. The molecule has 1 unspecified atom stereocenters. The molecule has 0 spiro atoms. The van der Waals surface area contributed by atoms with Crippen LogP contribution in [0.4, 0.5) is 5.82 Å². The normalized spacial score (nSPS) is 12.1. The van der Waals surface area contributed by atoms with Crippen molar-refractivity contribution in [2.45, 2.75) is 12.6 Å². The van der Waals surface area contributed by atoms with Gasteiger partial charge in [-0.25, -0.2) is 0 Å². The summed E-state index contributed by atoms with van der Waals surface area (Å²) in [6, 6.07) is 8.01. The fourth-order valence-corrected chi connectivity index (χ4v) is 1.67. The molecule has 0 aliphatic carbocycles. The highest BCUT2D eigenvalue weighted by Gasteiger charge is 2.14. The van der Waals surface area contributed by atoms with E-state index in [-0.39, 0.29) is 19.0 Å². The molecular formula is C12H12ClN3O4. The molecule has 0 radical (unpaired) electrons. The van der Waals surface area contributed by atoms with Gasteiger partial charge in [0.2, 0.25) is 0 Å². The molecular weight excluding hydrogens is 286 g/mol. The summed E-state index contributed by atoms with van der Waals surface area (Å²) in [5.41, 5.74) is 0. The molecule has 1 aromatic carbocycles. The van der Waals surface area contributed by atoms with Crippen molar-refractivity contribution in [3.8, 4) is 5.75 Å². The molecule has 0 amide bonds. The Morgan fingerprint density at radius 3 is 2.70 bits per heavy atom. The minimum Gasteiger partial charge on any atom is -0.491 e. The molecule has 0 fully saturated rings. The summed E-state index contributed by atoms with van der Waals surface area (Å²) >= 11 is 5.74. The predicted molar refractivity (Wildman–Crippen MR) is 71.8 cm³/mol. The van der Waals surface area contributed by atoms with E-state index in [0.717, 1.165) is 0 Å². The molecule has 1 aromatic heterocycles. The van der Waals surface area contributed by atoms with E-state index < -0.39 is 11.0 Å². The zero-order valence-electron chi connectivity index (χ0n) is 10.3. The SMILES string of the molecule is O=[N+]([O-])c1ccn(CC(O)COc2ccc(Cl)cc2)n1. The maximum Gasteiger partial charge on any atom is 0.389 e. The lowest BCUT2D eigenvalue weighted by Crippen LogP contribution is -2.23. The van der Waals surface area contributed by atoms with E-state index >= 15 is 0 Å². The third-order valence-electron chi connectivity index (χ3n) is 2.47. The lowest BCUT2D eigenvalue weighted by molar-refractivity contribution is -0.389. The molecule has 1 N–H and O–H groups in total.